The molecular weight excluding hydrogens is 361 g/mol. The van der Waals surface area contributed by atoms with E-state index in [-0.39, 0.29) is 6.42 Å². The first kappa shape index (κ1) is 17.2. The molecule has 0 bridgehead atoms. The second-order valence-electron chi connectivity index (χ2n) is 5.31. The molecule has 3 aromatic rings. The first-order valence-electron chi connectivity index (χ1n) is 7.41. The minimum Gasteiger partial charge on any atom is -0.326 e. The van der Waals surface area contributed by atoms with Crippen LogP contribution in [0.5, 0.6) is 0 Å². The molecule has 7 heteroatoms. The van der Waals surface area contributed by atoms with E-state index in [9.17, 15) is 9.59 Å². The second-order valence-corrected chi connectivity index (χ2v) is 6.18. The minimum atomic E-state index is -0.468. The molecule has 2 amide bonds. The number of carbonyl (C=O) groups is 2. The SMILES string of the molecule is O=C(CC(=O)Nc1cccc2cccnc12)Nc1cc(Cl)cc(Cl)c1. The van der Waals surface area contributed by atoms with Crippen LogP contribution in [-0.2, 0) is 9.59 Å². The number of nitrogens with zero attached hydrogens (tertiary/aromatic N) is 1. The van der Waals surface area contributed by atoms with E-state index >= 15 is 0 Å². The van der Waals surface area contributed by atoms with Crippen LogP contribution in [0.1, 0.15) is 6.42 Å². The Kier molecular flexibility index (Phi) is 5.16. The van der Waals surface area contributed by atoms with E-state index in [4.69, 9.17) is 23.2 Å². The van der Waals surface area contributed by atoms with Crippen molar-refractivity contribution in [3.8, 4) is 0 Å². The molecule has 25 heavy (non-hydrogen) atoms. The van der Waals surface area contributed by atoms with Gasteiger partial charge in [-0.2, -0.15) is 0 Å². The molecule has 0 atom stereocenters. The van der Waals surface area contributed by atoms with Gasteiger partial charge in [-0.1, -0.05) is 41.4 Å². The maximum absolute atomic E-state index is 12.1. The molecule has 5 nitrogen and oxygen atoms in total. The third-order valence-electron chi connectivity index (χ3n) is 3.37. The molecule has 0 aliphatic heterocycles. The van der Waals surface area contributed by atoms with Gasteiger partial charge in [0.1, 0.15) is 6.42 Å². The zero-order valence-electron chi connectivity index (χ0n) is 12.9. The highest BCUT2D eigenvalue weighted by atomic mass is 35.5. The van der Waals surface area contributed by atoms with Gasteiger partial charge in [-0.3, -0.25) is 14.6 Å². The van der Waals surface area contributed by atoms with E-state index in [2.05, 4.69) is 15.6 Å². The molecule has 0 unspecified atom stereocenters. The Hall–Kier alpha value is -2.63. The maximum Gasteiger partial charge on any atom is 0.233 e. The van der Waals surface area contributed by atoms with Gasteiger partial charge in [0.05, 0.1) is 11.2 Å². The molecule has 0 saturated heterocycles. The van der Waals surface area contributed by atoms with Crippen LogP contribution in [0.4, 0.5) is 11.4 Å². The lowest BCUT2D eigenvalue weighted by Gasteiger charge is -2.09. The lowest BCUT2D eigenvalue weighted by atomic mass is 10.2. The van der Waals surface area contributed by atoms with Gasteiger partial charge in [0.2, 0.25) is 11.8 Å². The predicted molar refractivity (Wildman–Crippen MR) is 100 cm³/mol. The van der Waals surface area contributed by atoms with Crippen molar-refractivity contribution >= 4 is 57.3 Å². The van der Waals surface area contributed by atoms with Gasteiger partial charge >= 0.3 is 0 Å². The number of halogens is 2. The Labute approximate surface area is 154 Å². The Morgan fingerprint density at radius 1 is 0.920 bits per heavy atom. The van der Waals surface area contributed by atoms with Crippen LogP contribution in [0.3, 0.4) is 0 Å². The Morgan fingerprint density at radius 3 is 2.36 bits per heavy atom. The van der Waals surface area contributed by atoms with Crippen molar-refractivity contribution in [2.24, 2.45) is 0 Å². The zero-order chi connectivity index (χ0) is 17.8. The molecule has 0 aliphatic carbocycles. The summed E-state index contributed by atoms with van der Waals surface area (Å²) in [6, 6.07) is 13.8. The van der Waals surface area contributed by atoms with Gasteiger partial charge in [0.25, 0.3) is 0 Å². The summed E-state index contributed by atoms with van der Waals surface area (Å²) < 4.78 is 0. The monoisotopic (exact) mass is 373 g/mol. The Balaban J connectivity index is 1.66. The van der Waals surface area contributed by atoms with Gasteiger partial charge < -0.3 is 10.6 Å². The standard InChI is InChI=1S/C18H13Cl2N3O2/c19-12-7-13(20)9-14(8-12)22-16(24)10-17(25)23-15-5-1-3-11-4-2-6-21-18(11)15/h1-9H,10H2,(H,22,24)(H,23,25). The normalized spacial score (nSPS) is 10.5. The fourth-order valence-corrected chi connectivity index (χ4v) is 2.90. The maximum atomic E-state index is 12.1. The van der Waals surface area contributed by atoms with Crippen LogP contribution < -0.4 is 10.6 Å². The molecular formula is C18H13Cl2N3O2. The molecule has 1 aromatic heterocycles. The quantitative estimate of drug-likeness (QED) is 0.660. The van der Waals surface area contributed by atoms with Crippen LogP contribution in [0.2, 0.25) is 10.0 Å². The third-order valence-corrected chi connectivity index (χ3v) is 3.81. The van der Waals surface area contributed by atoms with Crippen LogP contribution in [0.25, 0.3) is 10.9 Å². The van der Waals surface area contributed by atoms with E-state index in [1.165, 1.54) is 0 Å². The van der Waals surface area contributed by atoms with Gasteiger partial charge in [-0.05, 0) is 30.3 Å². The van der Waals surface area contributed by atoms with E-state index < -0.39 is 11.8 Å². The molecule has 0 radical (unpaired) electrons. The van der Waals surface area contributed by atoms with Crippen LogP contribution in [0.15, 0.2) is 54.7 Å². The van der Waals surface area contributed by atoms with Crippen molar-refractivity contribution in [2.75, 3.05) is 10.6 Å². The van der Waals surface area contributed by atoms with E-state index in [1.807, 2.05) is 24.3 Å². The lowest BCUT2D eigenvalue weighted by molar-refractivity contribution is -0.123. The van der Waals surface area contributed by atoms with Crippen LogP contribution in [0, 0.1) is 0 Å². The third kappa shape index (κ3) is 4.47. The van der Waals surface area contributed by atoms with Crippen molar-refractivity contribution in [2.45, 2.75) is 6.42 Å². The molecule has 2 aromatic carbocycles. The van der Waals surface area contributed by atoms with Crippen molar-refractivity contribution in [3.63, 3.8) is 0 Å². The second kappa shape index (κ2) is 7.51. The molecule has 1 heterocycles. The van der Waals surface area contributed by atoms with E-state index in [0.717, 1.165) is 5.39 Å². The molecule has 0 fully saturated rings. The first-order valence-corrected chi connectivity index (χ1v) is 8.16. The summed E-state index contributed by atoms with van der Waals surface area (Å²) >= 11 is 11.8. The van der Waals surface area contributed by atoms with Crippen LogP contribution in [-0.4, -0.2) is 16.8 Å². The summed E-state index contributed by atoms with van der Waals surface area (Å²) in [6.45, 7) is 0. The predicted octanol–water partition coefficient (Wildman–Crippen LogP) is 4.51. The summed E-state index contributed by atoms with van der Waals surface area (Å²) in [5.74, 6) is -0.909. The number of fused-ring (bicyclic) bond motifs is 1. The summed E-state index contributed by atoms with van der Waals surface area (Å²) in [7, 11) is 0. The average molecular weight is 374 g/mol. The number of aromatic nitrogens is 1. The molecule has 0 saturated carbocycles. The number of hydrogen-bond acceptors (Lipinski definition) is 3. The van der Waals surface area contributed by atoms with Crippen LogP contribution >= 0.6 is 23.2 Å². The van der Waals surface area contributed by atoms with Crippen molar-refractivity contribution < 1.29 is 9.59 Å². The number of pyridine rings is 1. The first-order chi connectivity index (χ1) is 12.0. The number of hydrogen-bond donors (Lipinski definition) is 2. The molecule has 0 aliphatic rings. The summed E-state index contributed by atoms with van der Waals surface area (Å²) in [4.78, 5) is 28.4. The fraction of sp³-hybridized carbons (Fsp3) is 0.0556. The summed E-state index contributed by atoms with van der Waals surface area (Å²) in [5, 5.41) is 7.00. The van der Waals surface area contributed by atoms with Gasteiger partial charge in [-0.25, -0.2) is 0 Å². The highest BCUT2D eigenvalue weighted by Crippen LogP contribution is 2.23. The highest BCUT2D eigenvalue weighted by molar-refractivity contribution is 6.35. The van der Waals surface area contributed by atoms with Crippen molar-refractivity contribution in [1.29, 1.82) is 0 Å². The van der Waals surface area contributed by atoms with Crippen molar-refractivity contribution in [3.05, 3.63) is 64.8 Å². The summed E-state index contributed by atoms with van der Waals surface area (Å²) in [6.07, 6.45) is 1.31. The average Bonchev–Trinajstić information content (AvgIpc) is 2.54. The Morgan fingerprint density at radius 2 is 1.60 bits per heavy atom. The largest absolute Gasteiger partial charge is 0.326 e. The van der Waals surface area contributed by atoms with Gasteiger partial charge in [0, 0.05) is 27.3 Å². The molecule has 3 rings (SSSR count). The van der Waals surface area contributed by atoms with Gasteiger partial charge in [-0.15, -0.1) is 0 Å². The topological polar surface area (TPSA) is 71.1 Å². The number of nitrogens with one attached hydrogen (secondary N) is 2. The minimum absolute atomic E-state index is 0.340. The van der Waals surface area contributed by atoms with Crippen molar-refractivity contribution in [1.82, 2.24) is 4.98 Å². The number of rotatable bonds is 4. The number of amides is 2. The zero-order valence-corrected chi connectivity index (χ0v) is 14.4. The Bertz CT molecular complexity index is 934. The molecule has 126 valence electrons. The molecule has 2 N–H and O–H groups in total. The lowest BCUT2D eigenvalue weighted by Crippen LogP contribution is -2.21. The number of para-hydroxylation sites is 1. The highest BCUT2D eigenvalue weighted by Gasteiger charge is 2.12. The number of benzene rings is 2. The fourth-order valence-electron chi connectivity index (χ4n) is 2.38. The number of carbonyl (C=O) groups excluding carboxylic acids is 2. The van der Waals surface area contributed by atoms with Gasteiger partial charge in [0.15, 0.2) is 0 Å². The molecule has 0 spiro atoms. The number of anilines is 2. The smallest absolute Gasteiger partial charge is 0.233 e. The summed E-state index contributed by atoms with van der Waals surface area (Å²) in [5.41, 5.74) is 1.66. The van der Waals surface area contributed by atoms with E-state index in [0.29, 0.717) is 26.9 Å². The van der Waals surface area contributed by atoms with E-state index in [1.54, 1.807) is 30.5 Å².